The summed E-state index contributed by atoms with van der Waals surface area (Å²) in [6.07, 6.45) is 0.524. The fourth-order valence-corrected chi connectivity index (χ4v) is 1.81. The number of rotatable bonds is 2. The molecule has 0 amide bonds. The Labute approximate surface area is 87.6 Å². The minimum Gasteiger partial charge on any atom is -0.396 e. The topological polar surface area (TPSA) is 42.2 Å². The molecule has 0 spiro atoms. The molecule has 0 aliphatic rings. The van der Waals surface area contributed by atoms with Crippen LogP contribution in [-0.2, 0) is 13.5 Å². The molecule has 0 atom stereocenters. The number of nitrogens with zero attached hydrogens (tertiary/aromatic N) is 1. The van der Waals surface area contributed by atoms with Crippen molar-refractivity contribution in [1.82, 2.24) is 4.57 Å². The van der Waals surface area contributed by atoms with E-state index in [-0.39, 0.29) is 12.2 Å². The second kappa shape index (κ2) is 3.87. The average molecular weight is 203 g/mol. The highest BCUT2D eigenvalue weighted by molar-refractivity contribution is 5.82. The first-order valence-corrected chi connectivity index (χ1v) is 4.92. The number of para-hydroxylation sites is 1. The van der Waals surface area contributed by atoms with Gasteiger partial charge in [-0.15, -0.1) is 0 Å². The van der Waals surface area contributed by atoms with E-state index >= 15 is 0 Å². The first-order valence-electron chi connectivity index (χ1n) is 4.92. The van der Waals surface area contributed by atoms with Crippen molar-refractivity contribution in [2.24, 2.45) is 7.05 Å². The van der Waals surface area contributed by atoms with Crippen molar-refractivity contribution >= 4 is 10.9 Å². The van der Waals surface area contributed by atoms with Gasteiger partial charge in [-0.1, -0.05) is 18.2 Å². The number of fused-ring (bicyclic) bond motifs is 1. The highest BCUT2D eigenvalue weighted by Gasteiger charge is 2.04. The predicted octanol–water partition coefficient (Wildman–Crippen LogP) is 1.07. The predicted molar refractivity (Wildman–Crippen MR) is 60.0 cm³/mol. The van der Waals surface area contributed by atoms with E-state index in [1.54, 1.807) is 17.7 Å². The highest BCUT2D eigenvalue weighted by Crippen LogP contribution is 2.16. The zero-order valence-electron chi connectivity index (χ0n) is 8.60. The van der Waals surface area contributed by atoms with Crippen LogP contribution in [0.2, 0.25) is 0 Å². The Morgan fingerprint density at radius 3 is 2.80 bits per heavy atom. The van der Waals surface area contributed by atoms with Crippen molar-refractivity contribution in [3.05, 3.63) is 46.2 Å². The summed E-state index contributed by atoms with van der Waals surface area (Å²) >= 11 is 0. The van der Waals surface area contributed by atoms with E-state index in [1.165, 1.54) is 0 Å². The van der Waals surface area contributed by atoms with Crippen molar-refractivity contribution in [3.8, 4) is 0 Å². The third-order valence-electron chi connectivity index (χ3n) is 2.62. The van der Waals surface area contributed by atoms with Crippen LogP contribution < -0.4 is 5.56 Å². The van der Waals surface area contributed by atoms with Gasteiger partial charge in [-0.25, -0.2) is 0 Å². The summed E-state index contributed by atoms with van der Waals surface area (Å²) in [6, 6.07) is 9.33. The van der Waals surface area contributed by atoms with Crippen molar-refractivity contribution in [3.63, 3.8) is 0 Å². The number of aliphatic hydroxyl groups excluding tert-OH is 1. The maximum atomic E-state index is 11.6. The number of benzene rings is 1. The van der Waals surface area contributed by atoms with Crippen LogP contribution in [0.3, 0.4) is 0 Å². The van der Waals surface area contributed by atoms with Crippen LogP contribution in [0.25, 0.3) is 10.9 Å². The van der Waals surface area contributed by atoms with Crippen LogP contribution in [0.5, 0.6) is 0 Å². The lowest BCUT2D eigenvalue weighted by molar-refractivity contribution is 0.300. The molecule has 0 bridgehead atoms. The van der Waals surface area contributed by atoms with Gasteiger partial charge in [0.15, 0.2) is 0 Å². The zero-order valence-corrected chi connectivity index (χ0v) is 8.60. The van der Waals surface area contributed by atoms with Crippen LogP contribution in [0.15, 0.2) is 35.1 Å². The van der Waals surface area contributed by atoms with E-state index in [0.717, 1.165) is 16.5 Å². The monoisotopic (exact) mass is 203 g/mol. The van der Waals surface area contributed by atoms with Gasteiger partial charge in [0.2, 0.25) is 0 Å². The smallest absolute Gasteiger partial charge is 0.251 e. The normalized spacial score (nSPS) is 10.8. The number of hydrogen-bond acceptors (Lipinski definition) is 2. The lowest BCUT2D eigenvalue weighted by atomic mass is 10.1. The molecular formula is C12H13NO2. The molecule has 1 aromatic heterocycles. The number of aliphatic hydroxyl groups is 1. The minimum absolute atomic E-state index is 0.0304. The SMILES string of the molecule is Cn1c(=O)cc(CCO)c2ccccc21. The summed E-state index contributed by atoms with van der Waals surface area (Å²) in [5, 5.41) is 9.97. The number of aromatic nitrogens is 1. The molecule has 2 rings (SSSR count). The second-order valence-corrected chi connectivity index (χ2v) is 3.56. The summed E-state index contributed by atoms with van der Waals surface area (Å²) in [4.78, 5) is 11.6. The Balaban J connectivity index is 2.82. The average Bonchev–Trinajstić information content (AvgIpc) is 2.26. The molecule has 1 aromatic carbocycles. The standard InChI is InChI=1S/C12H13NO2/c1-13-11-5-3-2-4-10(11)9(6-7-14)8-12(13)15/h2-5,8,14H,6-7H2,1H3. The Bertz CT molecular complexity index is 543. The third-order valence-corrected chi connectivity index (χ3v) is 2.62. The van der Waals surface area contributed by atoms with Gasteiger partial charge in [0.25, 0.3) is 5.56 Å². The molecule has 3 heteroatoms. The van der Waals surface area contributed by atoms with Gasteiger partial charge in [-0.3, -0.25) is 4.79 Å². The molecule has 0 aliphatic carbocycles. The fourth-order valence-electron chi connectivity index (χ4n) is 1.81. The number of hydrogen-bond donors (Lipinski definition) is 1. The Morgan fingerprint density at radius 2 is 2.07 bits per heavy atom. The molecule has 2 aromatic rings. The molecule has 78 valence electrons. The van der Waals surface area contributed by atoms with Gasteiger partial charge in [0.1, 0.15) is 0 Å². The zero-order chi connectivity index (χ0) is 10.8. The lowest BCUT2D eigenvalue weighted by Gasteiger charge is -2.08. The molecule has 1 N–H and O–H groups in total. The van der Waals surface area contributed by atoms with Crippen molar-refractivity contribution < 1.29 is 5.11 Å². The van der Waals surface area contributed by atoms with E-state index in [0.29, 0.717) is 6.42 Å². The number of aryl methyl sites for hydroxylation is 1. The molecule has 0 saturated carbocycles. The minimum atomic E-state index is -0.0304. The molecular weight excluding hydrogens is 190 g/mol. The largest absolute Gasteiger partial charge is 0.396 e. The molecule has 0 unspecified atom stereocenters. The lowest BCUT2D eigenvalue weighted by Crippen LogP contribution is -2.17. The van der Waals surface area contributed by atoms with Crippen LogP contribution >= 0.6 is 0 Å². The van der Waals surface area contributed by atoms with E-state index < -0.39 is 0 Å². The van der Waals surface area contributed by atoms with E-state index in [9.17, 15) is 4.79 Å². The summed E-state index contributed by atoms with van der Waals surface area (Å²) in [6.45, 7) is 0.0666. The summed E-state index contributed by atoms with van der Waals surface area (Å²) in [7, 11) is 1.76. The first kappa shape index (κ1) is 9.93. The molecule has 0 fully saturated rings. The quantitative estimate of drug-likeness (QED) is 0.793. The van der Waals surface area contributed by atoms with Gasteiger partial charge in [0, 0.05) is 25.1 Å². The molecule has 3 nitrogen and oxygen atoms in total. The van der Waals surface area contributed by atoms with Gasteiger partial charge < -0.3 is 9.67 Å². The van der Waals surface area contributed by atoms with Crippen molar-refractivity contribution in [2.45, 2.75) is 6.42 Å². The van der Waals surface area contributed by atoms with Crippen molar-refractivity contribution in [2.75, 3.05) is 6.61 Å². The second-order valence-electron chi connectivity index (χ2n) is 3.56. The van der Waals surface area contributed by atoms with Gasteiger partial charge in [0.05, 0.1) is 5.52 Å². The molecule has 1 heterocycles. The fraction of sp³-hybridized carbons (Fsp3) is 0.250. The first-order chi connectivity index (χ1) is 7.24. The summed E-state index contributed by atoms with van der Waals surface area (Å²) < 4.78 is 1.62. The summed E-state index contributed by atoms with van der Waals surface area (Å²) in [5.74, 6) is 0. The van der Waals surface area contributed by atoms with E-state index in [1.807, 2.05) is 24.3 Å². The Hall–Kier alpha value is -1.61. The van der Waals surface area contributed by atoms with Crippen LogP contribution in [0.4, 0.5) is 0 Å². The van der Waals surface area contributed by atoms with Crippen molar-refractivity contribution in [1.29, 1.82) is 0 Å². The van der Waals surface area contributed by atoms with Crippen LogP contribution in [0, 0.1) is 0 Å². The molecule has 0 radical (unpaired) electrons. The maximum absolute atomic E-state index is 11.6. The van der Waals surface area contributed by atoms with Gasteiger partial charge in [-0.2, -0.15) is 0 Å². The Morgan fingerprint density at radius 1 is 1.33 bits per heavy atom. The summed E-state index contributed by atoms with van der Waals surface area (Å²) in [5.41, 5.74) is 1.79. The van der Waals surface area contributed by atoms with Crippen LogP contribution in [0.1, 0.15) is 5.56 Å². The Kier molecular flexibility index (Phi) is 2.56. The third kappa shape index (κ3) is 1.66. The van der Waals surface area contributed by atoms with Gasteiger partial charge in [-0.05, 0) is 18.1 Å². The maximum Gasteiger partial charge on any atom is 0.251 e. The van der Waals surface area contributed by atoms with Gasteiger partial charge >= 0.3 is 0 Å². The molecule has 0 aliphatic heterocycles. The highest BCUT2D eigenvalue weighted by atomic mass is 16.3. The van der Waals surface area contributed by atoms with Crippen LogP contribution in [-0.4, -0.2) is 16.3 Å². The van der Waals surface area contributed by atoms with E-state index in [2.05, 4.69) is 0 Å². The molecule has 15 heavy (non-hydrogen) atoms. The molecule has 0 saturated heterocycles. The van der Waals surface area contributed by atoms with E-state index in [4.69, 9.17) is 5.11 Å². The number of pyridine rings is 1.